The van der Waals surface area contributed by atoms with Gasteiger partial charge in [-0.1, -0.05) is 5.92 Å². The third kappa shape index (κ3) is 3.68. The molecule has 0 aliphatic heterocycles. The van der Waals surface area contributed by atoms with Gasteiger partial charge in [-0.3, -0.25) is 9.78 Å². The van der Waals surface area contributed by atoms with Gasteiger partial charge in [0.2, 0.25) is 0 Å². The highest BCUT2D eigenvalue weighted by atomic mass is 16.2. The number of amides is 1. The maximum atomic E-state index is 12.7. The van der Waals surface area contributed by atoms with Crippen LogP contribution in [0, 0.1) is 31.1 Å². The maximum absolute atomic E-state index is 12.7. The van der Waals surface area contributed by atoms with Gasteiger partial charge in [0.1, 0.15) is 17.2 Å². The topological polar surface area (TPSA) is 80.7 Å². The molecular weight excluding hydrogens is 338 g/mol. The lowest BCUT2D eigenvalue weighted by atomic mass is 9.73. The zero-order valence-corrected chi connectivity index (χ0v) is 15.7. The lowest BCUT2D eigenvalue weighted by Crippen LogP contribution is -2.49. The molecule has 2 saturated carbocycles. The quantitative estimate of drug-likeness (QED) is 0.832. The van der Waals surface area contributed by atoms with Crippen LogP contribution in [-0.2, 0) is 0 Å². The summed E-state index contributed by atoms with van der Waals surface area (Å²) < 4.78 is 0. The number of carbonyl (C=O) groups excluding carboxylic acids is 1. The molecule has 0 spiro atoms. The zero-order valence-electron chi connectivity index (χ0n) is 15.7. The first-order chi connectivity index (χ1) is 13.0. The first-order valence-electron chi connectivity index (χ1n) is 9.42. The molecule has 6 nitrogen and oxygen atoms in total. The molecule has 6 heteroatoms. The van der Waals surface area contributed by atoms with E-state index < -0.39 is 0 Å². The standard InChI is InChI=1S/C21H23N5O/c1-15-12-22-13-18(24-15)19(27)26-21-7-3-6-20(14-21,9-10-21)8-4-17-5-11-23-16(2)25-17/h5,11-13H,3,6-7,9-10,14H2,1-2H3,(H,26,27). The monoisotopic (exact) mass is 361 g/mol. The first-order valence-corrected chi connectivity index (χ1v) is 9.42. The summed E-state index contributed by atoms with van der Waals surface area (Å²) in [5.74, 6) is 7.34. The average Bonchev–Trinajstić information content (AvgIpc) is 2.90. The first kappa shape index (κ1) is 17.6. The van der Waals surface area contributed by atoms with Crippen LogP contribution in [-0.4, -0.2) is 31.4 Å². The summed E-state index contributed by atoms with van der Waals surface area (Å²) in [6, 6.07) is 1.85. The summed E-state index contributed by atoms with van der Waals surface area (Å²) in [6.07, 6.45) is 10.9. The van der Waals surface area contributed by atoms with Crippen LogP contribution in [0.4, 0.5) is 0 Å². The van der Waals surface area contributed by atoms with Gasteiger partial charge in [0.15, 0.2) is 0 Å². The lowest BCUT2D eigenvalue weighted by molar-refractivity contribution is 0.0866. The zero-order chi connectivity index (χ0) is 18.9. The molecular formula is C21H23N5O. The van der Waals surface area contributed by atoms with Gasteiger partial charge >= 0.3 is 0 Å². The smallest absolute Gasteiger partial charge is 0.271 e. The van der Waals surface area contributed by atoms with Crippen LogP contribution >= 0.6 is 0 Å². The van der Waals surface area contributed by atoms with Crippen LogP contribution in [0.3, 0.4) is 0 Å². The van der Waals surface area contributed by atoms with E-state index in [1.54, 1.807) is 12.4 Å². The normalized spacial score (nSPS) is 26.1. The van der Waals surface area contributed by atoms with Gasteiger partial charge in [-0.15, -0.1) is 0 Å². The minimum Gasteiger partial charge on any atom is -0.345 e. The number of hydrogen-bond acceptors (Lipinski definition) is 5. The lowest BCUT2D eigenvalue weighted by Gasteiger charge is -2.37. The Hall–Kier alpha value is -2.81. The summed E-state index contributed by atoms with van der Waals surface area (Å²) in [4.78, 5) is 29.6. The minimum absolute atomic E-state index is 0.0390. The van der Waals surface area contributed by atoms with Crippen molar-refractivity contribution < 1.29 is 4.79 Å². The molecule has 4 rings (SSSR count). The van der Waals surface area contributed by atoms with Gasteiger partial charge in [-0.2, -0.15) is 0 Å². The van der Waals surface area contributed by atoms with E-state index in [4.69, 9.17) is 0 Å². The summed E-state index contributed by atoms with van der Waals surface area (Å²) >= 11 is 0. The molecule has 2 aromatic heterocycles. The molecule has 2 fully saturated rings. The van der Waals surface area contributed by atoms with Crippen molar-refractivity contribution in [2.45, 2.75) is 57.9 Å². The molecule has 1 amide bonds. The van der Waals surface area contributed by atoms with Crippen molar-refractivity contribution in [1.82, 2.24) is 25.3 Å². The average molecular weight is 361 g/mol. The van der Waals surface area contributed by atoms with E-state index in [2.05, 4.69) is 37.1 Å². The second-order valence-electron chi connectivity index (χ2n) is 7.83. The van der Waals surface area contributed by atoms with Crippen molar-refractivity contribution in [3.63, 3.8) is 0 Å². The number of rotatable bonds is 2. The molecule has 1 N–H and O–H groups in total. The van der Waals surface area contributed by atoms with E-state index in [0.717, 1.165) is 55.7 Å². The van der Waals surface area contributed by atoms with Gasteiger partial charge in [-0.05, 0) is 64.4 Å². The Bertz CT molecular complexity index is 947. The Morgan fingerprint density at radius 3 is 2.85 bits per heavy atom. The summed E-state index contributed by atoms with van der Waals surface area (Å²) in [7, 11) is 0. The van der Waals surface area contributed by atoms with Crippen LogP contribution in [0.1, 0.15) is 66.2 Å². The molecule has 0 saturated heterocycles. The number of aryl methyl sites for hydroxylation is 2. The van der Waals surface area contributed by atoms with E-state index in [-0.39, 0.29) is 16.9 Å². The second-order valence-corrected chi connectivity index (χ2v) is 7.83. The second kappa shape index (κ2) is 6.73. The van der Waals surface area contributed by atoms with Gasteiger partial charge in [-0.25, -0.2) is 15.0 Å². The highest BCUT2D eigenvalue weighted by Crippen LogP contribution is 2.53. The van der Waals surface area contributed by atoms with Gasteiger partial charge < -0.3 is 5.32 Å². The fourth-order valence-electron chi connectivity index (χ4n) is 4.43. The van der Waals surface area contributed by atoms with Crippen molar-refractivity contribution in [3.8, 4) is 11.8 Å². The molecule has 138 valence electrons. The minimum atomic E-state index is -0.184. The molecule has 27 heavy (non-hydrogen) atoms. The number of aromatic nitrogens is 4. The van der Waals surface area contributed by atoms with Crippen molar-refractivity contribution in [2.24, 2.45) is 5.41 Å². The van der Waals surface area contributed by atoms with Crippen LogP contribution in [0.5, 0.6) is 0 Å². The number of carbonyl (C=O) groups is 1. The van der Waals surface area contributed by atoms with Crippen molar-refractivity contribution in [3.05, 3.63) is 47.6 Å². The molecule has 0 aromatic carbocycles. The highest BCUT2D eigenvalue weighted by molar-refractivity contribution is 5.92. The number of nitrogens with zero attached hydrogens (tertiary/aromatic N) is 4. The van der Waals surface area contributed by atoms with E-state index in [9.17, 15) is 4.79 Å². The molecule has 2 heterocycles. The third-order valence-electron chi connectivity index (χ3n) is 5.67. The number of fused-ring (bicyclic) bond motifs is 2. The van der Waals surface area contributed by atoms with Gasteiger partial charge in [0, 0.05) is 23.3 Å². The molecule has 2 aliphatic carbocycles. The Morgan fingerprint density at radius 1 is 1.15 bits per heavy atom. The number of hydrogen-bond donors (Lipinski definition) is 1. The van der Waals surface area contributed by atoms with Crippen LogP contribution in [0.25, 0.3) is 0 Å². The van der Waals surface area contributed by atoms with E-state index >= 15 is 0 Å². The Morgan fingerprint density at radius 2 is 2.04 bits per heavy atom. The van der Waals surface area contributed by atoms with Crippen molar-refractivity contribution >= 4 is 5.91 Å². The molecule has 2 bridgehead atoms. The van der Waals surface area contributed by atoms with Crippen molar-refractivity contribution in [2.75, 3.05) is 0 Å². The Labute approximate surface area is 159 Å². The largest absolute Gasteiger partial charge is 0.345 e. The summed E-state index contributed by atoms with van der Waals surface area (Å²) in [5, 5.41) is 3.26. The van der Waals surface area contributed by atoms with E-state index in [1.807, 2.05) is 19.9 Å². The molecule has 2 aliphatic rings. The fourth-order valence-corrected chi connectivity index (χ4v) is 4.43. The molecule has 2 atom stereocenters. The predicted octanol–water partition coefficient (Wildman–Crippen LogP) is 2.76. The van der Waals surface area contributed by atoms with Gasteiger partial charge in [0.05, 0.1) is 11.9 Å². The van der Waals surface area contributed by atoms with E-state index in [1.165, 1.54) is 6.20 Å². The Balaban J connectivity index is 1.52. The predicted molar refractivity (Wildman–Crippen MR) is 101 cm³/mol. The van der Waals surface area contributed by atoms with Crippen LogP contribution < -0.4 is 5.32 Å². The van der Waals surface area contributed by atoms with Crippen molar-refractivity contribution in [1.29, 1.82) is 0 Å². The number of nitrogens with one attached hydrogen (secondary N) is 1. The Kier molecular flexibility index (Phi) is 4.39. The molecule has 2 aromatic rings. The molecule has 0 radical (unpaired) electrons. The molecule has 2 unspecified atom stereocenters. The van der Waals surface area contributed by atoms with Gasteiger partial charge in [0.25, 0.3) is 5.91 Å². The maximum Gasteiger partial charge on any atom is 0.271 e. The van der Waals surface area contributed by atoms with Crippen LogP contribution in [0.2, 0.25) is 0 Å². The van der Waals surface area contributed by atoms with E-state index in [0.29, 0.717) is 5.69 Å². The summed E-state index contributed by atoms with van der Waals surface area (Å²) in [5.41, 5.74) is 1.67. The SMILES string of the molecule is Cc1cncc(C(=O)NC23CCCC(C#Cc4ccnc(C)n4)(CC2)C3)n1. The fraction of sp³-hybridized carbons (Fsp3) is 0.476. The third-order valence-corrected chi connectivity index (χ3v) is 5.67. The summed E-state index contributed by atoms with van der Waals surface area (Å²) in [6.45, 7) is 3.71. The van der Waals surface area contributed by atoms with Crippen LogP contribution in [0.15, 0.2) is 24.7 Å². The highest BCUT2D eigenvalue weighted by Gasteiger charge is 2.51.